The lowest BCUT2D eigenvalue weighted by Gasteiger charge is -2.11. The van der Waals surface area contributed by atoms with Crippen LogP contribution in [-0.2, 0) is 14.3 Å². The number of hydrogen-bond donors (Lipinski definition) is 0. The summed E-state index contributed by atoms with van der Waals surface area (Å²) in [4.78, 5) is 22.4. The Morgan fingerprint density at radius 3 is 1.88 bits per heavy atom. The molecular weight excluding hydrogens is 312 g/mol. The van der Waals surface area contributed by atoms with E-state index in [2.05, 4.69) is 18.6 Å². The van der Waals surface area contributed by atoms with Gasteiger partial charge in [-0.3, -0.25) is 9.59 Å². The van der Waals surface area contributed by atoms with Crippen LogP contribution in [0, 0.1) is 11.8 Å². The lowest BCUT2D eigenvalue weighted by Crippen LogP contribution is -2.07. The second kappa shape index (κ2) is 14.3. The first-order valence-corrected chi connectivity index (χ1v) is 10.9. The highest BCUT2D eigenvalue weighted by molar-refractivity contribution is 5.94. The van der Waals surface area contributed by atoms with Crippen LogP contribution in [-0.4, -0.2) is 11.9 Å². The standard InChI is InChI=1S/C22H40O3/c1-3-4-5-6-9-12-15-19(2)16-13-10-7-8-11-14-17-20-18-21(23)25-22(20)24/h19-20H,3-18H2,1-2H3. The summed E-state index contributed by atoms with van der Waals surface area (Å²) < 4.78 is 4.58. The molecule has 3 nitrogen and oxygen atoms in total. The minimum absolute atomic E-state index is 0.157. The molecule has 146 valence electrons. The first-order valence-electron chi connectivity index (χ1n) is 10.9. The smallest absolute Gasteiger partial charge is 0.317 e. The van der Waals surface area contributed by atoms with Crippen LogP contribution in [0.5, 0.6) is 0 Å². The van der Waals surface area contributed by atoms with Gasteiger partial charge in [0.05, 0.1) is 12.3 Å². The highest BCUT2D eigenvalue weighted by Crippen LogP contribution is 2.23. The van der Waals surface area contributed by atoms with Crippen molar-refractivity contribution in [3.8, 4) is 0 Å². The van der Waals surface area contributed by atoms with E-state index in [4.69, 9.17) is 0 Å². The van der Waals surface area contributed by atoms with Gasteiger partial charge in [-0.15, -0.1) is 0 Å². The highest BCUT2D eigenvalue weighted by Gasteiger charge is 2.32. The van der Waals surface area contributed by atoms with Crippen LogP contribution >= 0.6 is 0 Å². The SMILES string of the molecule is CCCCCCCCC(C)CCCCCCCCC1CC(=O)OC1=O. The van der Waals surface area contributed by atoms with Crippen LogP contribution in [0.2, 0.25) is 0 Å². The zero-order chi connectivity index (χ0) is 18.3. The van der Waals surface area contributed by atoms with Crippen molar-refractivity contribution in [2.75, 3.05) is 0 Å². The molecule has 1 heterocycles. The molecule has 2 unspecified atom stereocenters. The molecule has 0 N–H and O–H groups in total. The van der Waals surface area contributed by atoms with E-state index in [9.17, 15) is 9.59 Å². The number of cyclic esters (lactones) is 2. The fraction of sp³-hybridized carbons (Fsp3) is 0.909. The van der Waals surface area contributed by atoms with Gasteiger partial charge in [-0.2, -0.15) is 0 Å². The van der Waals surface area contributed by atoms with Crippen molar-refractivity contribution in [3.63, 3.8) is 0 Å². The largest absolute Gasteiger partial charge is 0.393 e. The van der Waals surface area contributed by atoms with Crippen molar-refractivity contribution < 1.29 is 14.3 Å². The van der Waals surface area contributed by atoms with Gasteiger partial charge in [-0.1, -0.05) is 104 Å². The van der Waals surface area contributed by atoms with Crippen LogP contribution in [0.25, 0.3) is 0 Å². The number of unbranched alkanes of at least 4 members (excludes halogenated alkanes) is 10. The first kappa shape index (κ1) is 22.2. The summed E-state index contributed by atoms with van der Waals surface area (Å²) in [7, 11) is 0. The van der Waals surface area contributed by atoms with Crippen molar-refractivity contribution in [2.45, 2.75) is 117 Å². The summed E-state index contributed by atoms with van der Waals surface area (Å²) >= 11 is 0. The van der Waals surface area contributed by atoms with Gasteiger partial charge in [0, 0.05) is 0 Å². The van der Waals surface area contributed by atoms with E-state index in [1.165, 1.54) is 83.5 Å². The van der Waals surface area contributed by atoms with Crippen molar-refractivity contribution in [3.05, 3.63) is 0 Å². The van der Waals surface area contributed by atoms with Crippen LogP contribution in [0.3, 0.4) is 0 Å². The molecule has 0 aromatic carbocycles. The fourth-order valence-electron chi connectivity index (χ4n) is 3.75. The van der Waals surface area contributed by atoms with Crippen LogP contribution in [0.1, 0.15) is 117 Å². The summed E-state index contributed by atoms with van der Waals surface area (Å²) in [6.07, 6.45) is 19.8. The summed E-state index contributed by atoms with van der Waals surface area (Å²) in [5, 5.41) is 0. The summed E-state index contributed by atoms with van der Waals surface area (Å²) in [5.74, 6) is 0.0850. The minimum atomic E-state index is -0.343. The maximum Gasteiger partial charge on any atom is 0.317 e. The minimum Gasteiger partial charge on any atom is -0.393 e. The molecule has 3 heteroatoms. The fourth-order valence-corrected chi connectivity index (χ4v) is 3.75. The maximum atomic E-state index is 11.4. The second-order valence-electron chi connectivity index (χ2n) is 8.05. The topological polar surface area (TPSA) is 43.4 Å². The molecule has 2 atom stereocenters. The zero-order valence-corrected chi connectivity index (χ0v) is 16.7. The Morgan fingerprint density at radius 1 is 0.840 bits per heavy atom. The number of ether oxygens (including phenoxy) is 1. The Balaban J connectivity index is 1.82. The van der Waals surface area contributed by atoms with Gasteiger partial charge in [0.15, 0.2) is 0 Å². The third kappa shape index (κ3) is 11.4. The van der Waals surface area contributed by atoms with Gasteiger partial charge in [-0.25, -0.2) is 0 Å². The molecule has 0 spiro atoms. The van der Waals surface area contributed by atoms with Gasteiger partial charge in [0.1, 0.15) is 0 Å². The molecule has 0 bridgehead atoms. The summed E-state index contributed by atoms with van der Waals surface area (Å²) in [5.41, 5.74) is 0. The summed E-state index contributed by atoms with van der Waals surface area (Å²) in [6, 6.07) is 0. The maximum absolute atomic E-state index is 11.4. The Labute approximate surface area is 155 Å². The van der Waals surface area contributed by atoms with E-state index < -0.39 is 0 Å². The Kier molecular flexibility index (Phi) is 12.7. The number of carbonyl (C=O) groups excluding carboxylic acids is 2. The number of hydrogen-bond acceptors (Lipinski definition) is 3. The first-order chi connectivity index (χ1) is 12.1. The molecule has 1 aliphatic heterocycles. The third-order valence-electron chi connectivity index (χ3n) is 5.51. The van der Waals surface area contributed by atoms with Gasteiger partial charge in [0.2, 0.25) is 0 Å². The van der Waals surface area contributed by atoms with Crippen LogP contribution in [0.15, 0.2) is 0 Å². The van der Waals surface area contributed by atoms with Crippen molar-refractivity contribution in [1.82, 2.24) is 0 Å². The molecule has 1 fully saturated rings. The van der Waals surface area contributed by atoms with E-state index >= 15 is 0 Å². The number of rotatable bonds is 16. The van der Waals surface area contributed by atoms with Gasteiger partial charge < -0.3 is 4.74 Å². The predicted molar refractivity (Wildman–Crippen MR) is 103 cm³/mol. The molecule has 1 aliphatic rings. The average molecular weight is 353 g/mol. The Hall–Kier alpha value is -0.860. The molecule has 1 saturated heterocycles. The highest BCUT2D eigenvalue weighted by atomic mass is 16.6. The van der Waals surface area contributed by atoms with E-state index in [0.717, 1.165) is 18.8 Å². The van der Waals surface area contributed by atoms with Gasteiger partial charge >= 0.3 is 11.9 Å². The van der Waals surface area contributed by atoms with Crippen molar-refractivity contribution >= 4 is 11.9 Å². The average Bonchev–Trinajstić information content (AvgIpc) is 2.90. The molecule has 1 rings (SSSR count). The molecule has 0 aliphatic carbocycles. The lowest BCUT2D eigenvalue weighted by molar-refractivity contribution is -0.153. The molecule has 0 radical (unpaired) electrons. The molecule has 0 aromatic rings. The van der Waals surface area contributed by atoms with E-state index in [0.29, 0.717) is 6.42 Å². The molecular formula is C22H40O3. The molecule has 0 aromatic heterocycles. The second-order valence-corrected chi connectivity index (χ2v) is 8.05. The van der Waals surface area contributed by atoms with Gasteiger partial charge in [-0.05, 0) is 12.3 Å². The van der Waals surface area contributed by atoms with E-state index in [-0.39, 0.29) is 17.9 Å². The third-order valence-corrected chi connectivity index (χ3v) is 5.51. The van der Waals surface area contributed by atoms with Crippen LogP contribution in [0.4, 0.5) is 0 Å². The van der Waals surface area contributed by atoms with E-state index in [1.807, 2.05) is 0 Å². The molecule has 0 saturated carbocycles. The number of esters is 2. The molecule has 25 heavy (non-hydrogen) atoms. The van der Waals surface area contributed by atoms with Gasteiger partial charge in [0.25, 0.3) is 0 Å². The molecule has 0 amide bonds. The van der Waals surface area contributed by atoms with E-state index in [1.54, 1.807) is 0 Å². The zero-order valence-electron chi connectivity index (χ0n) is 16.7. The quantitative estimate of drug-likeness (QED) is 0.179. The summed E-state index contributed by atoms with van der Waals surface area (Å²) in [6.45, 7) is 4.68. The normalized spacial score (nSPS) is 18.6. The Bertz CT molecular complexity index is 364. The lowest BCUT2D eigenvalue weighted by atomic mass is 9.95. The Morgan fingerprint density at radius 2 is 1.36 bits per heavy atom. The predicted octanol–water partition coefficient (Wildman–Crippen LogP) is 6.58. The van der Waals surface area contributed by atoms with Crippen LogP contribution < -0.4 is 0 Å². The monoisotopic (exact) mass is 352 g/mol. The van der Waals surface area contributed by atoms with Crippen molar-refractivity contribution in [1.29, 1.82) is 0 Å². The van der Waals surface area contributed by atoms with Crippen molar-refractivity contribution in [2.24, 2.45) is 11.8 Å². The number of carbonyl (C=O) groups is 2.